The molecular formula is C15H13ClFN3S. The molecule has 0 aromatic carbocycles. The second-order valence-electron chi connectivity index (χ2n) is 5.12. The van der Waals surface area contributed by atoms with Crippen LogP contribution in [0.1, 0.15) is 30.9 Å². The van der Waals surface area contributed by atoms with Gasteiger partial charge in [-0.3, -0.25) is 4.98 Å². The van der Waals surface area contributed by atoms with E-state index in [9.17, 15) is 4.39 Å². The lowest BCUT2D eigenvalue weighted by molar-refractivity contribution is 0.618. The SMILES string of the molecule is Cc1c(-c2nc(Cl)ncc2F)sc2c(C(C)C)ccnc12. The average molecular weight is 322 g/mol. The van der Waals surface area contributed by atoms with Crippen LogP contribution in [0.2, 0.25) is 5.28 Å². The fourth-order valence-corrected chi connectivity index (χ4v) is 3.86. The van der Waals surface area contributed by atoms with Gasteiger partial charge >= 0.3 is 0 Å². The number of fused-ring (bicyclic) bond motifs is 1. The summed E-state index contributed by atoms with van der Waals surface area (Å²) in [4.78, 5) is 12.9. The molecule has 0 amide bonds. The van der Waals surface area contributed by atoms with E-state index < -0.39 is 5.82 Å². The molecule has 0 saturated heterocycles. The molecule has 3 aromatic rings. The Morgan fingerprint density at radius 2 is 2.05 bits per heavy atom. The first-order valence-corrected chi connectivity index (χ1v) is 7.75. The number of thiophene rings is 1. The minimum absolute atomic E-state index is 0.0419. The normalized spacial score (nSPS) is 11.5. The van der Waals surface area contributed by atoms with E-state index >= 15 is 0 Å². The fourth-order valence-electron chi connectivity index (χ4n) is 2.31. The van der Waals surface area contributed by atoms with Crippen LogP contribution in [-0.4, -0.2) is 15.0 Å². The molecule has 6 heteroatoms. The van der Waals surface area contributed by atoms with E-state index in [1.165, 1.54) is 16.9 Å². The Balaban J connectivity index is 2.32. The Morgan fingerprint density at radius 1 is 1.29 bits per heavy atom. The van der Waals surface area contributed by atoms with Crippen LogP contribution in [0.25, 0.3) is 20.8 Å². The quantitative estimate of drug-likeness (QED) is 0.625. The monoisotopic (exact) mass is 321 g/mol. The van der Waals surface area contributed by atoms with Gasteiger partial charge in [-0.05, 0) is 41.6 Å². The highest BCUT2D eigenvalue weighted by Crippen LogP contribution is 2.40. The van der Waals surface area contributed by atoms with Crippen molar-refractivity contribution in [1.29, 1.82) is 0 Å². The number of halogens is 2. The van der Waals surface area contributed by atoms with Crippen molar-refractivity contribution in [2.24, 2.45) is 0 Å². The maximum atomic E-state index is 14.0. The first-order chi connectivity index (χ1) is 9.99. The number of rotatable bonds is 2. The maximum Gasteiger partial charge on any atom is 0.223 e. The van der Waals surface area contributed by atoms with Crippen LogP contribution in [0.5, 0.6) is 0 Å². The van der Waals surface area contributed by atoms with Gasteiger partial charge in [-0.1, -0.05) is 13.8 Å². The van der Waals surface area contributed by atoms with Crippen LogP contribution in [0.15, 0.2) is 18.5 Å². The number of pyridine rings is 1. The fraction of sp³-hybridized carbons (Fsp3) is 0.267. The zero-order valence-corrected chi connectivity index (χ0v) is 13.4. The molecule has 3 heterocycles. The highest BCUT2D eigenvalue weighted by molar-refractivity contribution is 7.22. The van der Waals surface area contributed by atoms with E-state index in [2.05, 4.69) is 28.8 Å². The molecule has 0 spiro atoms. The molecule has 0 N–H and O–H groups in total. The van der Waals surface area contributed by atoms with Gasteiger partial charge in [-0.15, -0.1) is 11.3 Å². The third kappa shape index (κ3) is 2.40. The Kier molecular flexibility index (Phi) is 3.63. The molecule has 0 radical (unpaired) electrons. The molecule has 0 aliphatic rings. The Hall–Kier alpha value is -1.59. The number of aromatic nitrogens is 3. The molecule has 0 atom stereocenters. The molecular weight excluding hydrogens is 309 g/mol. The average Bonchev–Trinajstić information content (AvgIpc) is 2.79. The predicted octanol–water partition coefficient (Wildman–Crippen LogP) is 4.98. The topological polar surface area (TPSA) is 38.7 Å². The van der Waals surface area contributed by atoms with Crippen LogP contribution in [-0.2, 0) is 0 Å². The zero-order chi connectivity index (χ0) is 15.1. The van der Waals surface area contributed by atoms with Gasteiger partial charge in [0.15, 0.2) is 5.82 Å². The number of hydrogen-bond donors (Lipinski definition) is 0. The van der Waals surface area contributed by atoms with E-state index in [0.29, 0.717) is 5.92 Å². The standard InChI is InChI=1S/C15H13ClFN3S/c1-7(2)9-4-5-18-11-8(3)13(21-14(9)11)12-10(17)6-19-15(16)20-12/h4-7H,1-3H3. The van der Waals surface area contributed by atoms with Crippen molar-refractivity contribution >= 4 is 33.2 Å². The Labute approximate surface area is 130 Å². The zero-order valence-electron chi connectivity index (χ0n) is 11.8. The van der Waals surface area contributed by atoms with E-state index in [1.54, 1.807) is 6.20 Å². The van der Waals surface area contributed by atoms with Gasteiger partial charge in [0.05, 0.1) is 21.3 Å². The number of aryl methyl sites for hydroxylation is 1. The maximum absolute atomic E-state index is 14.0. The number of nitrogens with zero attached hydrogens (tertiary/aromatic N) is 3. The lowest BCUT2D eigenvalue weighted by Crippen LogP contribution is -1.92. The van der Waals surface area contributed by atoms with E-state index in [4.69, 9.17) is 11.6 Å². The highest BCUT2D eigenvalue weighted by atomic mass is 35.5. The van der Waals surface area contributed by atoms with Crippen LogP contribution in [0.4, 0.5) is 4.39 Å². The first-order valence-electron chi connectivity index (χ1n) is 6.55. The second kappa shape index (κ2) is 5.31. The summed E-state index contributed by atoms with van der Waals surface area (Å²) in [6.07, 6.45) is 2.90. The third-order valence-electron chi connectivity index (χ3n) is 3.39. The smallest absolute Gasteiger partial charge is 0.223 e. The summed E-state index contributed by atoms with van der Waals surface area (Å²) in [6.45, 7) is 6.19. The van der Waals surface area contributed by atoms with Crippen molar-refractivity contribution in [3.8, 4) is 10.6 Å². The van der Waals surface area contributed by atoms with Crippen molar-refractivity contribution in [3.05, 3.63) is 40.7 Å². The van der Waals surface area contributed by atoms with Gasteiger partial charge in [0.25, 0.3) is 0 Å². The summed E-state index contributed by atoms with van der Waals surface area (Å²) in [7, 11) is 0. The minimum Gasteiger partial charge on any atom is -0.255 e. The summed E-state index contributed by atoms with van der Waals surface area (Å²) >= 11 is 7.30. The molecule has 0 aliphatic carbocycles. The van der Waals surface area contributed by atoms with Crippen LogP contribution in [0.3, 0.4) is 0 Å². The van der Waals surface area contributed by atoms with Gasteiger partial charge in [0.2, 0.25) is 5.28 Å². The van der Waals surface area contributed by atoms with E-state index in [0.717, 1.165) is 26.9 Å². The first kappa shape index (κ1) is 14.4. The molecule has 21 heavy (non-hydrogen) atoms. The third-order valence-corrected chi connectivity index (χ3v) is 4.91. The minimum atomic E-state index is -0.472. The summed E-state index contributed by atoms with van der Waals surface area (Å²) in [6, 6.07) is 2.01. The molecule has 0 fully saturated rings. The lowest BCUT2D eigenvalue weighted by atomic mass is 10.0. The van der Waals surface area contributed by atoms with Gasteiger partial charge in [0, 0.05) is 6.20 Å². The van der Waals surface area contributed by atoms with Crippen LogP contribution < -0.4 is 0 Å². The van der Waals surface area contributed by atoms with Crippen LogP contribution >= 0.6 is 22.9 Å². The molecule has 108 valence electrons. The predicted molar refractivity (Wildman–Crippen MR) is 84.4 cm³/mol. The number of hydrogen-bond acceptors (Lipinski definition) is 4. The summed E-state index contributed by atoms with van der Waals surface area (Å²) < 4.78 is 15.1. The molecule has 0 bridgehead atoms. The largest absolute Gasteiger partial charge is 0.255 e. The summed E-state index contributed by atoms with van der Waals surface area (Å²) in [5.74, 6) is -0.0969. The Morgan fingerprint density at radius 3 is 2.76 bits per heavy atom. The molecule has 3 nitrogen and oxygen atoms in total. The van der Waals surface area contributed by atoms with Gasteiger partial charge in [0.1, 0.15) is 5.69 Å². The summed E-state index contributed by atoms with van der Waals surface area (Å²) in [5.41, 5.74) is 3.27. The van der Waals surface area contributed by atoms with E-state index in [-0.39, 0.29) is 11.0 Å². The molecule has 3 rings (SSSR count). The van der Waals surface area contributed by atoms with Gasteiger partial charge < -0.3 is 0 Å². The summed E-state index contributed by atoms with van der Waals surface area (Å²) in [5, 5.41) is 0.0419. The second-order valence-corrected chi connectivity index (χ2v) is 6.48. The molecule has 0 aliphatic heterocycles. The highest BCUT2D eigenvalue weighted by Gasteiger charge is 2.19. The van der Waals surface area contributed by atoms with Crippen molar-refractivity contribution < 1.29 is 4.39 Å². The van der Waals surface area contributed by atoms with E-state index in [1.807, 2.05) is 13.0 Å². The Bertz CT molecular complexity index is 829. The lowest BCUT2D eigenvalue weighted by Gasteiger charge is -2.05. The van der Waals surface area contributed by atoms with Gasteiger partial charge in [-0.25, -0.2) is 14.4 Å². The molecule has 0 saturated carbocycles. The van der Waals surface area contributed by atoms with Gasteiger partial charge in [-0.2, -0.15) is 0 Å². The van der Waals surface area contributed by atoms with Crippen molar-refractivity contribution in [1.82, 2.24) is 15.0 Å². The van der Waals surface area contributed by atoms with Crippen LogP contribution in [0, 0.1) is 12.7 Å². The molecule has 0 unspecified atom stereocenters. The van der Waals surface area contributed by atoms with Crippen molar-refractivity contribution in [3.63, 3.8) is 0 Å². The van der Waals surface area contributed by atoms with Crippen molar-refractivity contribution in [2.45, 2.75) is 26.7 Å². The molecule has 3 aromatic heterocycles. The van der Waals surface area contributed by atoms with Crippen molar-refractivity contribution in [2.75, 3.05) is 0 Å².